The molecule has 0 aromatic carbocycles. The van der Waals surface area contributed by atoms with Crippen LogP contribution in [0.3, 0.4) is 0 Å². The fraction of sp³-hybridized carbons (Fsp3) is 0.917. The Labute approximate surface area is 87.7 Å². The molecular formula is C12H23NO. The Bertz CT molecular complexity index is 214. The van der Waals surface area contributed by atoms with Crippen LogP contribution in [-0.4, -0.2) is 23.9 Å². The second-order valence-electron chi connectivity index (χ2n) is 4.64. The second kappa shape index (κ2) is 4.33. The number of rotatable bonds is 0. The number of fused-ring (bicyclic) bond motifs is 1. The number of hydrogen-bond acceptors (Lipinski definition) is 1. The van der Waals surface area contributed by atoms with Crippen molar-refractivity contribution in [2.24, 2.45) is 11.3 Å². The van der Waals surface area contributed by atoms with Gasteiger partial charge in [-0.15, -0.1) is 0 Å². The molecule has 2 atom stereocenters. The third kappa shape index (κ3) is 1.94. The van der Waals surface area contributed by atoms with Gasteiger partial charge in [0, 0.05) is 20.0 Å². The van der Waals surface area contributed by atoms with Gasteiger partial charge in [-0.05, 0) is 24.2 Å². The van der Waals surface area contributed by atoms with Crippen LogP contribution in [0.5, 0.6) is 0 Å². The third-order valence-corrected chi connectivity index (χ3v) is 3.72. The number of hydrogen-bond donors (Lipinski definition) is 0. The lowest BCUT2D eigenvalue weighted by molar-refractivity contribution is -0.128. The van der Waals surface area contributed by atoms with E-state index in [0.717, 1.165) is 19.0 Å². The predicted molar refractivity (Wildman–Crippen MR) is 59.1 cm³/mol. The molecule has 2 unspecified atom stereocenters. The minimum atomic E-state index is 0.255. The van der Waals surface area contributed by atoms with Gasteiger partial charge in [-0.25, -0.2) is 0 Å². The predicted octanol–water partition coefficient (Wildman–Crippen LogP) is 2.68. The van der Waals surface area contributed by atoms with Gasteiger partial charge >= 0.3 is 0 Å². The van der Waals surface area contributed by atoms with Crippen molar-refractivity contribution in [3.8, 4) is 0 Å². The van der Waals surface area contributed by atoms with Crippen molar-refractivity contribution >= 4 is 5.91 Å². The van der Waals surface area contributed by atoms with Crippen molar-refractivity contribution in [2.45, 2.75) is 47.0 Å². The summed E-state index contributed by atoms with van der Waals surface area (Å²) in [7, 11) is 0. The van der Waals surface area contributed by atoms with E-state index in [9.17, 15) is 4.79 Å². The molecule has 1 saturated heterocycles. The van der Waals surface area contributed by atoms with Crippen molar-refractivity contribution in [2.75, 3.05) is 13.1 Å². The molecule has 0 N–H and O–H groups in total. The smallest absolute Gasteiger partial charge is 0.219 e. The normalized spacial score (nSPS) is 34.9. The Hall–Kier alpha value is -0.530. The van der Waals surface area contributed by atoms with E-state index in [0.29, 0.717) is 5.41 Å². The Kier molecular flexibility index (Phi) is 3.57. The van der Waals surface area contributed by atoms with Gasteiger partial charge < -0.3 is 4.90 Å². The van der Waals surface area contributed by atoms with E-state index in [1.165, 1.54) is 19.3 Å². The van der Waals surface area contributed by atoms with Gasteiger partial charge in [-0.1, -0.05) is 27.2 Å². The Balaban J connectivity index is 0.000000461. The molecule has 0 aromatic rings. The molecule has 1 amide bonds. The van der Waals surface area contributed by atoms with E-state index >= 15 is 0 Å². The monoisotopic (exact) mass is 197 g/mol. The van der Waals surface area contributed by atoms with Crippen LogP contribution in [0.15, 0.2) is 0 Å². The summed E-state index contributed by atoms with van der Waals surface area (Å²) >= 11 is 0. The Morgan fingerprint density at radius 2 is 2.07 bits per heavy atom. The zero-order valence-electron chi connectivity index (χ0n) is 9.97. The van der Waals surface area contributed by atoms with E-state index in [1.807, 2.05) is 18.7 Å². The lowest BCUT2D eigenvalue weighted by Crippen LogP contribution is -2.28. The molecule has 2 rings (SSSR count). The van der Waals surface area contributed by atoms with E-state index in [2.05, 4.69) is 6.92 Å². The number of carbonyl (C=O) groups is 1. The van der Waals surface area contributed by atoms with Crippen molar-refractivity contribution in [1.29, 1.82) is 0 Å². The summed E-state index contributed by atoms with van der Waals surface area (Å²) in [6.07, 6.45) is 4.02. The molecule has 2 nitrogen and oxygen atoms in total. The average molecular weight is 197 g/mol. The molecule has 0 spiro atoms. The quantitative estimate of drug-likeness (QED) is 0.584. The van der Waals surface area contributed by atoms with Crippen LogP contribution < -0.4 is 0 Å². The first-order chi connectivity index (χ1) is 6.62. The zero-order chi connectivity index (χ0) is 10.8. The fourth-order valence-corrected chi connectivity index (χ4v) is 2.83. The van der Waals surface area contributed by atoms with Gasteiger partial charge in [0.1, 0.15) is 0 Å². The standard InChI is InChI=1S/C10H17NO.C2H6/c1-8(12)11-6-9-4-3-5-10(9,2)7-11;1-2/h9H,3-7H2,1-2H3;1-2H3. The van der Waals surface area contributed by atoms with Crippen molar-refractivity contribution in [1.82, 2.24) is 4.90 Å². The summed E-state index contributed by atoms with van der Waals surface area (Å²) < 4.78 is 0. The summed E-state index contributed by atoms with van der Waals surface area (Å²) in [6, 6.07) is 0. The van der Waals surface area contributed by atoms with Crippen LogP contribution in [0.1, 0.15) is 47.0 Å². The summed E-state index contributed by atoms with van der Waals surface area (Å²) in [4.78, 5) is 13.2. The number of carbonyl (C=O) groups excluding carboxylic acids is 1. The van der Waals surface area contributed by atoms with Gasteiger partial charge in [0.25, 0.3) is 0 Å². The summed E-state index contributed by atoms with van der Waals surface area (Å²) in [5.74, 6) is 1.05. The Morgan fingerprint density at radius 1 is 1.43 bits per heavy atom. The average Bonchev–Trinajstić information content (AvgIpc) is 2.62. The molecule has 82 valence electrons. The highest BCUT2D eigenvalue weighted by Gasteiger charge is 2.46. The highest BCUT2D eigenvalue weighted by molar-refractivity contribution is 5.73. The molecule has 2 fully saturated rings. The van der Waals surface area contributed by atoms with E-state index < -0.39 is 0 Å². The highest BCUT2D eigenvalue weighted by atomic mass is 16.2. The first-order valence-electron chi connectivity index (χ1n) is 5.87. The molecule has 0 aromatic heterocycles. The number of likely N-dealkylation sites (tertiary alicyclic amines) is 1. The molecule has 1 aliphatic carbocycles. The topological polar surface area (TPSA) is 20.3 Å². The molecule has 14 heavy (non-hydrogen) atoms. The molecule has 1 aliphatic heterocycles. The molecule has 2 heteroatoms. The maximum absolute atomic E-state index is 11.1. The molecule has 1 saturated carbocycles. The first kappa shape index (κ1) is 11.5. The van der Waals surface area contributed by atoms with Crippen LogP contribution >= 0.6 is 0 Å². The summed E-state index contributed by atoms with van der Waals surface area (Å²) in [6.45, 7) is 10.1. The minimum absolute atomic E-state index is 0.255. The summed E-state index contributed by atoms with van der Waals surface area (Å²) in [5.41, 5.74) is 0.464. The van der Waals surface area contributed by atoms with E-state index in [4.69, 9.17) is 0 Å². The van der Waals surface area contributed by atoms with Gasteiger partial charge in [0.15, 0.2) is 0 Å². The minimum Gasteiger partial charge on any atom is -0.342 e. The van der Waals surface area contributed by atoms with Crippen molar-refractivity contribution in [3.05, 3.63) is 0 Å². The highest BCUT2D eigenvalue weighted by Crippen LogP contribution is 2.47. The lowest BCUT2D eigenvalue weighted by Gasteiger charge is -2.22. The van der Waals surface area contributed by atoms with Crippen molar-refractivity contribution in [3.63, 3.8) is 0 Å². The van der Waals surface area contributed by atoms with Crippen LogP contribution in [0, 0.1) is 11.3 Å². The number of nitrogens with zero attached hydrogens (tertiary/aromatic N) is 1. The Morgan fingerprint density at radius 3 is 2.57 bits per heavy atom. The zero-order valence-corrected chi connectivity index (χ0v) is 9.97. The van der Waals surface area contributed by atoms with Gasteiger partial charge in [-0.2, -0.15) is 0 Å². The van der Waals surface area contributed by atoms with Gasteiger partial charge in [0.2, 0.25) is 5.91 Å². The van der Waals surface area contributed by atoms with Crippen molar-refractivity contribution < 1.29 is 4.79 Å². The maximum atomic E-state index is 11.1. The van der Waals surface area contributed by atoms with Gasteiger partial charge in [-0.3, -0.25) is 4.79 Å². The summed E-state index contributed by atoms with van der Waals surface area (Å²) in [5, 5.41) is 0. The maximum Gasteiger partial charge on any atom is 0.219 e. The molecule has 2 aliphatic rings. The molecular weight excluding hydrogens is 174 g/mol. The number of amides is 1. The largest absolute Gasteiger partial charge is 0.342 e. The molecule has 0 radical (unpaired) electrons. The molecule has 0 bridgehead atoms. The van der Waals surface area contributed by atoms with Crippen LogP contribution in [-0.2, 0) is 4.79 Å². The lowest BCUT2D eigenvalue weighted by atomic mass is 9.83. The van der Waals surface area contributed by atoms with Crippen LogP contribution in [0.4, 0.5) is 0 Å². The second-order valence-corrected chi connectivity index (χ2v) is 4.64. The van der Waals surface area contributed by atoms with Gasteiger partial charge in [0.05, 0.1) is 0 Å². The SMILES string of the molecule is CC.CC(=O)N1CC2CCCC2(C)C1. The van der Waals surface area contributed by atoms with Crippen LogP contribution in [0.25, 0.3) is 0 Å². The first-order valence-corrected chi connectivity index (χ1v) is 5.87. The van der Waals surface area contributed by atoms with E-state index in [-0.39, 0.29) is 5.91 Å². The molecule has 1 heterocycles. The van der Waals surface area contributed by atoms with Crippen LogP contribution in [0.2, 0.25) is 0 Å². The third-order valence-electron chi connectivity index (χ3n) is 3.72. The fourth-order valence-electron chi connectivity index (χ4n) is 2.83. The van der Waals surface area contributed by atoms with E-state index in [1.54, 1.807) is 6.92 Å².